The van der Waals surface area contributed by atoms with Gasteiger partial charge in [0.2, 0.25) is 5.83 Å². The molecule has 0 N–H and O–H groups in total. The molecule has 1 saturated carbocycles. The van der Waals surface area contributed by atoms with Crippen LogP contribution in [0.4, 0.5) is 8.78 Å². The van der Waals surface area contributed by atoms with Crippen molar-refractivity contribution in [2.45, 2.75) is 52.9 Å². The monoisotopic (exact) mass is 374 g/mol. The van der Waals surface area contributed by atoms with Crippen molar-refractivity contribution in [3.63, 3.8) is 0 Å². The van der Waals surface area contributed by atoms with Crippen LogP contribution >= 0.6 is 0 Å². The van der Waals surface area contributed by atoms with Gasteiger partial charge in [-0.05, 0) is 81.9 Å². The molecule has 0 aliphatic heterocycles. The molecule has 0 unspecified atom stereocenters. The molecule has 2 aliphatic carbocycles. The van der Waals surface area contributed by atoms with E-state index in [9.17, 15) is 8.78 Å². The van der Waals surface area contributed by atoms with E-state index in [1.807, 2.05) is 6.08 Å². The Bertz CT molecular complexity index is 670. The van der Waals surface area contributed by atoms with Gasteiger partial charge in [-0.3, -0.25) is 0 Å². The second-order valence-electron chi connectivity index (χ2n) is 7.28. The average Bonchev–Trinajstić information content (AvgIpc) is 2.71. The fourth-order valence-electron chi connectivity index (χ4n) is 3.96. The van der Waals surface area contributed by atoms with Crippen LogP contribution in [0.15, 0.2) is 71.6 Å². The number of hydrogen-bond acceptors (Lipinski definition) is 1. The highest BCUT2D eigenvalue weighted by Crippen LogP contribution is 2.38. The molecule has 0 aromatic rings. The van der Waals surface area contributed by atoms with Crippen LogP contribution < -0.4 is 0 Å². The van der Waals surface area contributed by atoms with Crippen molar-refractivity contribution < 1.29 is 13.5 Å². The Kier molecular flexibility index (Phi) is 8.27. The lowest BCUT2D eigenvalue weighted by Crippen LogP contribution is -2.16. The molecule has 0 saturated heterocycles. The normalized spacial score (nSPS) is 27.4. The molecule has 2 rings (SSSR count). The third-order valence-corrected chi connectivity index (χ3v) is 5.54. The van der Waals surface area contributed by atoms with Gasteiger partial charge >= 0.3 is 0 Å². The van der Waals surface area contributed by atoms with Crippen LogP contribution in [0.2, 0.25) is 0 Å². The summed E-state index contributed by atoms with van der Waals surface area (Å²) in [5, 5.41) is 0. The van der Waals surface area contributed by atoms with E-state index in [4.69, 9.17) is 4.74 Å². The van der Waals surface area contributed by atoms with E-state index in [1.165, 1.54) is 37.3 Å². The number of allylic oxidation sites excluding steroid dienone is 10. The molecule has 2 aliphatic rings. The third kappa shape index (κ3) is 5.54. The first-order chi connectivity index (χ1) is 13.0. The Labute approximate surface area is 162 Å². The van der Waals surface area contributed by atoms with Gasteiger partial charge in [0.25, 0.3) is 0 Å². The van der Waals surface area contributed by atoms with Gasteiger partial charge in [-0.25, -0.2) is 4.39 Å². The molecule has 0 aromatic heterocycles. The van der Waals surface area contributed by atoms with Crippen molar-refractivity contribution in [2.24, 2.45) is 17.8 Å². The molecule has 3 heteroatoms. The molecule has 1 nitrogen and oxygen atoms in total. The van der Waals surface area contributed by atoms with Gasteiger partial charge < -0.3 is 4.74 Å². The zero-order chi connectivity index (χ0) is 19.8. The van der Waals surface area contributed by atoms with E-state index < -0.39 is 11.7 Å². The van der Waals surface area contributed by atoms with Crippen molar-refractivity contribution in [2.75, 3.05) is 6.61 Å². The van der Waals surface area contributed by atoms with Crippen molar-refractivity contribution in [1.29, 1.82) is 0 Å². The zero-order valence-corrected chi connectivity index (χ0v) is 16.8. The molecule has 0 spiro atoms. The van der Waals surface area contributed by atoms with Crippen LogP contribution in [-0.4, -0.2) is 6.61 Å². The summed E-state index contributed by atoms with van der Waals surface area (Å²) in [6.45, 7) is 9.54. The lowest BCUT2D eigenvalue weighted by Gasteiger charge is -2.29. The molecular weight excluding hydrogens is 342 g/mol. The molecule has 0 heterocycles. The second-order valence-corrected chi connectivity index (χ2v) is 7.28. The van der Waals surface area contributed by atoms with Crippen LogP contribution in [0.25, 0.3) is 0 Å². The minimum Gasteiger partial charge on any atom is -0.491 e. The summed E-state index contributed by atoms with van der Waals surface area (Å²) in [4.78, 5) is 0. The predicted octanol–water partition coefficient (Wildman–Crippen LogP) is 7.52. The summed E-state index contributed by atoms with van der Waals surface area (Å²) in [6, 6.07) is 0. The maximum Gasteiger partial charge on any atom is 0.200 e. The lowest BCUT2D eigenvalue weighted by molar-refractivity contribution is 0.221. The summed E-state index contributed by atoms with van der Waals surface area (Å²) in [5.41, 5.74) is 1.51. The summed E-state index contributed by atoms with van der Waals surface area (Å²) in [6.07, 6.45) is 17.6. The van der Waals surface area contributed by atoms with E-state index in [1.54, 1.807) is 13.8 Å². The Morgan fingerprint density at radius 1 is 1.19 bits per heavy atom. The number of hydrogen-bond donors (Lipinski definition) is 0. The van der Waals surface area contributed by atoms with Gasteiger partial charge in [-0.1, -0.05) is 37.0 Å². The molecule has 0 amide bonds. The molecule has 0 radical (unpaired) electrons. The highest BCUT2D eigenvalue weighted by Gasteiger charge is 2.25. The van der Waals surface area contributed by atoms with Crippen molar-refractivity contribution in [1.82, 2.24) is 0 Å². The number of rotatable bonds is 7. The van der Waals surface area contributed by atoms with Gasteiger partial charge in [-0.2, -0.15) is 4.39 Å². The minimum absolute atomic E-state index is 0.0648. The highest BCUT2D eigenvalue weighted by atomic mass is 19.2. The molecule has 1 fully saturated rings. The topological polar surface area (TPSA) is 9.23 Å². The van der Waals surface area contributed by atoms with Gasteiger partial charge in [0, 0.05) is 5.92 Å². The van der Waals surface area contributed by atoms with E-state index in [2.05, 4.69) is 37.8 Å². The van der Waals surface area contributed by atoms with Crippen molar-refractivity contribution in [3.8, 4) is 0 Å². The van der Waals surface area contributed by atoms with E-state index >= 15 is 0 Å². The maximum absolute atomic E-state index is 14.5. The van der Waals surface area contributed by atoms with Gasteiger partial charge in [0.15, 0.2) is 11.6 Å². The second kappa shape index (κ2) is 10.4. The van der Waals surface area contributed by atoms with E-state index in [0.717, 1.165) is 0 Å². The van der Waals surface area contributed by atoms with Crippen LogP contribution in [0.3, 0.4) is 0 Å². The van der Waals surface area contributed by atoms with Crippen LogP contribution in [0.5, 0.6) is 0 Å². The molecule has 1 atom stereocenters. The first-order valence-electron chi connectivity index (χ1n) is 10.1. The molecule has 27 heavy (non-hydrogen) atoms. The van der Waals surface area contributed by atoms with Crippen molar-refractivity contribution in [3.05, 3.63) is 71.6 Å². The van der Waals surface area contributed by atoms with Crippen LogP contribution in [0, 0.1) is 17.8 Å². The lowest BCUT2D eigenvalue weighted by atomic mass is 9.76. The van der Waals surface area contributed by atoms with Crippen molar-refractivity contribution >= 4 is 0 Å². The summed E-state index contributed by atoms with van der Waals surface area (Å²) in [7, 11) is 0. The first-order valence-corrected chi connectivity index (χ1v) is 10.1. The molecule has 148 valence electrons. The minimum atomic E-state index is -0.963. The Morgan fingerprint density at radius 3 is 2.41 bits per heavy atom. The van der Waals surface area contributed by atoms with Gasteiger partial charge in [0.05, 0.1) is 6.61 Å². The number of ether oxygens (including phenoxy) is 1. The Hall–Kier alpha value is -1.90. The zero-order valence-electron chi connectivity index (χ0n) is 16.8. The summed E-state index contributed by atoms with van der Waals surface area (Å²) in [5.74, 6) is -0.851. The maximum atomic E-state index is 14.5. The fourth-order valence-corrected chi connectivity index (χ4v) is 3.96. The SMILES string of the molecule is C=C(/C(F)=C(F)\C(=C/C)OCC)[C@@H]1C=CC(C2CCC(/C=C/C)CC2)=CC1. The molecule has 0 bridgehead atoms. The summed E-state index contributed by atoms with van der Waals surface area (Å²) < 4.78 is 34.0. The van der Waals surface area contributed by atoms with E-state index in [0.29, 0.717) is 24.9 Å². The quantitative estimate of drug-likeness (QED) is 0.254. The average molecular weight is 375 g/mol. The third-order valence-electron chi connectivity index (χ3n) is 5.54. The largest absolute Gasteiger partial charge is 0.491 e. The van der Waals surface area contributed by atoms with Gasteiger partial charge in [-0.15, -0.1) is 0 Å². The highest BCUT2D eigenvalue weighted by molar-refractivity contribution is 5.39. The Balaban J connectivity index is 1.98. The van der Waals surface area contributed by atoms with Gasteiger partial charge in [0.1, 0.15) is 0 Å². The first kappa shape index (κ1) is 21.4. The molecule has 0 aromatic carbocycles. The standard InChI is InChI=1S/C24H32F2O/c1-5-8-18-9-11-20(12-10-18)21-15-13-19(14-16-21)17(4)23(25)24(26)22(6-2)27-7-3/h5-6,8,13,15-16,18-20H,4,7,9-12,14H2,1-3H3/b8-5+,22-6+,24-23-/t18?,19-,20?/m1/s1. The smallest absolute Gasteiger partial charge is 0.200 e. The summed E-state index contributed by atoms with van der Waals surface area (Å²) >= 11 is 0. The Morgan fingerprint density at radius 2 is 1.89 bits per heavy atom. The van der Waals surface area contributed by atoms with Crippen LogP contribution in [0.1, 0.15) is 52.9 Å². The van der Waals surface area contributed by atoms with E-state index in [-0.39, 0.29) is 17.3 Å². The van der Waals surface area contributed by atoms with Crippen LogP contribution in [-0.2, 0) is 4.74 Å². The fraction of sp³-hybridized carbons (Fsp3) is 0.500. The number of halogens is 2. The molecular formula is C24H32F2O. The predicted molar refractivity (Wildman–Crippen MR) is 109 cm³/mol.